The molecular formula is C17H16ClN5O. The molecule has 4 rings (SSSR count). The first-order valence-corrected chi connectivity index (χ1v) is 8.18. The van der Waals surface area contributed by atoms with Gasteiger partial charge < -0.3 is 10.6 Å². The van der Waals surface area contributed by atoms with Gasteiger partial charge in [-0.15, -0.1) is 0 Å². The molecule has 1 aliphatic rings. The number of hydrogen-bond donors (Lipinski definition) is 1. The van der Waals surface area contributed by atoms with Crippen molar-refractivity contribution in [1.82, 2.24) is 14.6 Å². The van der Waals surface area contributed by atoms with E-state index in [2.05, 4.69) is 21.0 Å². The lowest BCUT2D eigenvalue weighted by molar-refractivity contribution is 0.100. The number of carbonyl (C=O) groups excluding carboxylic acids is 1. The van der Waals surface area contributed by atoms with Crippen molar-refractivity contribution >= 4 is 29.0 Å². The van der Waals surface area contributed by atoms with Gasteiger partial charge in [0, 0.05) is 17.8 Å². The quantitative estimate of drug-likeness (QED) is 0.794. The second kappa shape index (κ2) is 5.79. The third-order valence-electron chi connectivity index (χ3n) is 4.43. The Kier molecular flexibility index (Phi) is 3.61. The van der Waals surface area contributed by atoms with E-state index in [0.717, 1.165) is 35.8 Å². The van der Waals surface area contributed by atoms with Crippen LogP contribution in [0.5, 0.6) is 0 Å². The van der Waals surface area contributed by atoms with Gasteiger partial charge in [0.25, 0.3) is 5.91 Å². The molecule has 0 spiro atoms. The topological polar surface area (TPSA) is 76.5 Å². The van der Waals surface area contributed by atoms with E-state index in [9.17, 15) is 4.79 Å². The number of rotatable bonds is 3. The van der Waals surface area contributed by atoms with Gasteiger partial charge >= 0.3 is 0 Å². The Labute approximate surface area is 143 Å². The first-order chi connectivity index (χ1) is 11.6. The highest BCUT2D eigenvalue weighted by Gasteiger charge is 2.29. The van der Waals surface area contributed by atoms with Crippen LogP contribution in [0.15, 0.2) is 42.7 Å². The van der Waals surface area contributed by atoms with Crippen molar-refractivity contribution in [3.63, 3.8) is 0 Å². The lowest BCUT2D eigenvalue weighted by Gasteiger charge is -2.26. The van der Waals surface area contributed by atoms with Gasteiger partial charge in [0.2, 0.25) is 0 Å². The predicted octanol–water partition coefficient (Wildman–Crippen LogP) is 2.82. The van der Waals surface area contributed by atoms with E-state index >= 15 is 0 Å². The summed E-state index contributed by atoms with van der Waals surface area (Å²) >= 11 is 6.38. The summed E-state index contributed by atoms with van der Waals surface area (Å²) in [5.74, 6) is 0.270. The molecule has 0 radical (unpaired) electrons. The zero-order valence-electron chi connectivity index (χ0n) is 12.9. The maximum absolute atomic E-state index is 11.5. The normalized spacial score (nSPS) is 17.5. The van der Waals surface area contributed by atoms with Gasteiger partial charge in [-0.3, -0.25) is 4.79 Å². The number of anilines is 1. The van der Waals surface area contributed by atoms with Crippen molar-refractivity contribution in [3.05, 3.63) is 58.9 Å². The first kappa shape index (κ1) is 15.0. The Morgan fingerprint density at radius 2 is 2.12 bits per heavy atom. The van der Waals surface area contributed by atoms with E-state index in [1.807, 2.05) is 24.3 Å². The van der Waals surface area contributed by atoms with Crippen LogP contribution >= 0.6 is 11.6 Å². The maximum Gasteiger partial charge on any atom is 0.254 e. The number of nitrogens with zero attached hydrogens (tertiary/aromatic N) is 4. The Morgan fingerprint density at radius 3 is 2.92 bits per heavy atom. The molecule has 6 nitrogen and oxygen atoms in total. The summed E-state index contributed by atoms with van der Waals surface area (Å²) in [5.41, 5.74) is 7.30. The van der Waals surface area contributed by atoms with Crippen LogP contribution in [-0.4, -0.2) is 27.0 Å². The molecule has 1 saturated heterocycles. The van der Waals surface area contributed by atoms with Gasteiger partial charge in [-0.1, -0.05) is 29.8 Å². The van der Waals surface area contributed by atoms with Crippen LogP contribution in [0, 0.1) is 0 Å². The molecule has 1 atom stereocenters. The van der Waals surface area contributed by atoms with E-state index in [4.69, 9.17) is 17.3 Å². The molecule has 0 aliphatic carbocycles. The van der Waals surface area contributed by atoms with Gasteiger partial charge in [-0.2, -0.15) is 5.10 Å². The van der Waals surface area contributed by atoms with Crippen LogP contribution in [0.4, 0.5) is 5.82 Å². The van der Waals surface area contributed by atoms with Crippen molar-refractivity contribution in [2.45, 2.75) is 18.9 Å². The predicted molar refractivity (Wildman–Crippen MR) is 92.3 cm³/mol. The fraction of sp³-hybridized carbons (Fsp3) is 0.235. The van der Waals surface area contributed by atoms with Crippen molar-refractivity contribution in [3.8, 4) is 0 Å². The molecule has 3 heterocycles. The van der Waals surface area contributed by atoms with Crippen LogP contribution in [-0.2, 0) is 0 Å². The van der Waals surface area contributed by atoms with E-state index in [-0.39, 0.29) is 6.04 Å². The molecule has 122 valence electrons. The van der Waals surface area contributed by atoms with Gasteiger partial charge in [0.1, 0.15) is 11.4 Å². The average Bonchev–Trinajstić information content (AvgIpc) is 3.21. The van der Waals surface area contributed by atoms with Crippen LogP contribution in [0.3, 0.4) is 0 Å². The highest BCUT2D eigenvalue weighted by Crippen LogP contribution is 2.38. The highest BCUT2D eigenvalue weighted by molar-refractivity contribution is 6.31. The molecule has 1 aromatic carbocycles. The van der Waals surface area contributed by atoms with E-state index < -0.39 is 5.91 Å². The zero-order chi connectivity index (χ0) is 16.7. The van der Waals surface area contributed by atoms with E-state index in [1.165, 1.54) is 6.20 Å². The Morgan fingerprint density at radius 1 is 1.29 bits per heavy atom. The maximum atomic E-state index is 11.5. The van der Waals surface area contributed by atoms with Crippen molar-refractivity contribution in [2.24, 2.45) is 5.73 Å². The second-order valence-corrected chi connectivity index (χ2v) is 6.26. The molecule has 3 aromatic rings. The van der Waals surface area contributed by atoms with Crippen LogP contribution in [0.1, 0.15) is 34.8 Å². The number of amides is 1. The van der Waals surface area contributed by atoms with E-state index in [1.54, 1.807) is 10.7 Å². The Bertz CT molecular complexity index is 922. The third-order valence-corrected chi connectivity index (χ3v) is 4.78. The van der Waals surface area contributed by atoms with Crippen molar-refractivity contribution < 1.29 is 4.79 Å². The Hall–Kier alpha value is -2.60. The summed E-state index contributed by atoms with van der Waals surface area (Å²) < 4.78 is 1.56. The molecule has 1 amide bonds. The van der Waals surface area contributed by atoms with Crippen LogP contribution < -0.4 is 10.6 Å². The standard InChI is InChI=1S/C17H16ClN5O/c18-13-5-2-1-4-11(13)14-6-3-8-22(14)15-7-9-23-17(21-15)12(10-20-23)16(19)24/h1-2,4-5,7,9-10,14H,3,6,8H2,(H2,19,24). The number of halogens is 1. The molecule has 0 saturated carbocycles. The number of hydrogen-bond acceptors (Lipinski definition) is 4. The second-order valence-electron chi connectivity index (χ2n) is 5.85. The summed E-state index contributed by atoms with van der Waals surface area (Å²) in [6.07, 6.45) is 5.32. The number of fused-ring (bicyclic) bond motifs is 1. The molecule has 7 heteroatoms. The van der Waals surface area contributed by atoms with E-state index in [0.29, 0.717) is 11.2 Å². The molecule has 2 aromatic heterocycles. The highest BCUT2D eigenvalue weighted by atomic mass is 35.5. The van der Waals surface area contributed by atoms with Crippen molar-refractivity contribution in [1.29, 1.82) is 0 Å². The summed E-state index contributed by atoms with van der Waals surface area (Å²) in [7, 11) is 0. The van der Waals surface area contributed by atoms with Crippen LogP contribution in [0.2, 0.25) is 5.02 Å². The smallest absolute Gasteiger partial charge is 0.254 e. The molecule has 2 N–H and O–H groups in total. The van der Waals surface area contributed by atoms with Crippen LogP contribution in [0.25, 0.3) is 5.65 Å². The minimum atomic E-state index is -0.529. The number of carbonyl (C=O) groups is 1. The fourth-order valence-corrected chi connectivity index (χ4v) is 3.56. The lowest BCUT2D eigenvalue weighted by atomic mass is 10.0. The van der Waals surface area contributed by atoms with Crippen molar-refractivity contribution in [2.75, 3.05) is 11.4 Å². The lowest BCUT2D eigenvalue weighted by Crippen LogP contribution is -2.24. The SMILES string of the molecule is NC(=O)c1cnn2ccc(N3CCCC3c3ccccc3Cl)nc12. The third kappa shape index (κ3) is 2.39. The molecular weight excluding hydrogens is 326 g/mol. The summed E-state index contributed by atoms with van der Waals surface area (Å²) in [4.78, 5) is 18.4. The summed E-state index contributed by atoms with van der Waals surface area (Å²) in [6, 6.07) is 9.97. The average molecular weight is 342 g/mol. The molecule has 1 unspecified atom stereocenters. The zero-order valence-corrected chi connectivity index (χ0v) is 13.6. The number of primary amides is 1. The monoisotopic (exact) mass is 341 g/mol. The Balaban J connectivity index is 1.77. The number of aromatic nitrogens is 3. The van der Waals surface area contributed by atoms with Gasteiger partial charge in [-0.05, 0) is 30.5 Å². The van der Waals surface area contributed by atoms with Gasteiger partial charge in [-0.25, -0.2) is 9.50 Å². The minimum Gasteiger partial charge on any atom is -0.365 e. The number of benzene rings is 1. The van der Waals surface area contributed by atoms with Gasteiger partial charge in [0.15, 0.2) is 5.65 Å². The summed E-state index contributed by atoms with van der Waals surface area (Å²) in [6.45, 7) is 0.888. The van der Waals surface area contributed by atoms with Gasteiger partial charge in [0.05, 0.1) is 12.2 Å². The molecule has 1 fully saturated rings. The molecule has 0 bridgehead atoms. The minimum absolute atomic E-state index is 0.175. The first-order valence-electron chi connectivity index (χ1n) is 7.80. The largest absolute Gasteiger partial charge is 0.365 e. The number of nitrogens with two attached hydrogens (primary N) is 1. The molecule has 1 aliphatic heterocycles. The fourth-order valence-electron chi connectivity index (χ4n) is 3.30. The summed E-state index contributed by atoms with van der Waals surface area (Å²) in [5, 5.41) is 4.87. The molecule has 24 heavy (non-hydrogen) atoms.